The Balaban J connectivity index is 2.06. The zero-order valence-electron chi connectivity index (χ0n) is 20.9. The standard InChI is InChI=1S/C28H29Cl2N3O4/c1-28(2,3)31-27(35)25(15-19-9-5-4-6-10-19)32(18-21-13-14-22(29)17-23(21)30)26(34)16-20-11-7-8-12-24(20)33(36)37/h4-14,17,25H,15-16,18H2,1-3H3,(H,31,35). The Hall–Kier alpha value is -3.42. The quantitative estimate of drug-likeness (QED) is 0.265. The first-order valence-corrected chi connectivity index (χ1v) is 12.5. The van der Waals surface area contributed by atoms with Gasteiger partial charge in [0, 0.05) is 40.2 Å². The van der Waals surface area contributed by atoms with Crippen molar-refractivity contribution in [3.63, 3.8) is 0 Å². The van der Waals surface area contributed by atoms with Crippen LogP contribution < -0.4 is 5.32 Å². The van der Waals surface area contributed by atoms with E-state index in [0.717, 1.165) is 5.56 Å². The maximum atomic E-state index is 13.8. The summed E-state index contributed by atoms with van der Waals surface area (Å²) in [6.45, 7) is 5.60. The van der Waals surface area contributed by atoms with Crippen molar-refractivity contribution in [2.45, 2.75) is 51.7 Å². The summed E-state index contributed by atoms with van der Waals surface area (Å²) in [5, 5.41) is 15.3. The van der Waals surface area contributed by atoms with E-state index < -0.39 is 22.4 Å². The van der Waals surface area contributed by atoms with Crippen molar-refractivity contribution in [3.05, 3.63) is 110 Å². The van der Waals surface area contributed by atoms with Gasteiger partial charge < -0.3 is 10.2 Å². The lowest BCUT2D eigenvalue weighted by molar-refractivity contribution is -0.385. The average Bonchev–Trinajstić information content (AvgIpc) is 2.82. The molecule has 0 aliphatic rings. The van der Waals surface area contributed by atoms with E-state index in [9.17, 15) is 19.7 Å². The lowest BCUT2D eigenvalue weighted by Gasteiger charge is -2.34. The van der Waals surface area contributed by atoms with Crippen LogP contribution in [0.3, 0.4) is 0 Å². The summed E-state index contributed by atoms with van der Waals surface area (Å²) in [5.41, 5.74) is 1.03. The molecule has 3 aromatic carbocycles. The summed E-state index contributed by atoms with van der Waals surface area (Å²) in [6, 6.07) is 19.5. The van der Waals surface area contributed by atoms with E-state index >= 15 is 0 Å². The van der Waals surface area contributed by atoms with Crippen molar-refractivity contribution in [3.8, 4) is 0 Å². The second-order valence-corrected chi connectivity index (χ2v) is 10.6. The van der Waals surface area contributed by atoms with Gasteiger partial charge in [0.25, 0.3) is 5.69 Å². The molecule has 0 saturated carbocycles. The molecule has 1 unspecified atom stereocenters. The molecular weight excluding hydrogens is 513 g/mol. The Kier molecular flexibility index (Phi) is 9.29. The molecule has 0 aliphatic carbocycles. The van der Waals surface area contributed by atoms with Crippen molar-refractivity contribution in [1.29, 1.82) is 0 Å². The van der Waals surface area contributed by atoms with Gasteiger partial charge in [0.05, 0.1) is 11.3 Å². The van der Waals surface area contributed by atoms with Crippen LogP contribution in [0.2, 0.25) is 10.0 Å². The van der Waals surface area contributed by atoms with E-state index in [-0.39, 0.29) is 36.5 Å². The first kappa shape index (κ1) is 28.2. The third-order valence-corrected chi connectivity index (χ3v) is 6.24. The summed E-state index contributed by atoms with van der Waals surface area (Å²) in [5.74, 6) is -0.775. The number of hydrogen-bond acceptors (Lipinski definition) is 4. The van der Waals surface area contributed by atoms with Crippen LogP contribution in [0.5, 0.6) is 0 Å². The van der Waals surface area contributed by atoms with Crippen LogP contribution >= 0.6 is 23.2 Å². The Bertz CT molecular complexity index is 1280. The molecule has 0 bridgehead atoms. The Morgan fingerprint density at radius 1 is 0.973 bits per heavy atom. The average molecular weight is 542 g/mol. The Morgan fingerprint density at radius 3 is 2.24 bits per heavy atom. The van der Waals surface area contributed by atoms with Gasteiger partial charge in [-0.05, 0) is 44.0 Å². The van der Waals surface area contributed by atoms with Gasteiger partial charge in [0.15, 0.2) is 0 Å². The lowest BCUT2D eigenvalue weighted by atomic mass is 9.99. The normalized spacial score (nSPS) is 12.0. The molecule has 7 nitrogen and oxygen atoms in total. The number of carbonyl (C=O) groups is 2. The SMILES string of the molecule is CC(C)(C)NC(=O)C(Cc1ccccc1)N(Cc1ccc(Cl)cc1Cl)C(=O)Cc1ccccc1[N+](=O)[O-]. The second-order valence-electron chi connectivity index (χ2n) is 9.76. The number of rotatable bonds is 9. The highest BCUT2D eigenvalue weighted by molar-refractivity contribution is 6.35. The molecule has 0 aliphatic heterocycles. The van der Waals surface area contributed by atoms with Crippen LogP contribution in [-0.4, -0.2) is 33.2 Å². The van der Waals surface area contributed by atoms with Crippen LogP contribution in [0.4, 0.5) is 5.69 Å². The van der Waals surface area contributed by atoms with Gasteiger partial charge in [-0.2, -0.15) is 0 Å². The first-order chi connectivity index (χ1) is 17.4. The number of nitro groups is 1. The number of hydrogen-bond donors (Lipinski definition) is 1. The molecular formula is C28H29Cl2N3O4. The fourth-order valence-electron chi connectivity index (χ4n) is 3.94. The summed E-state index contributed by atoms with van der Waals surface area (Å²) >= 11 is 12.5. The smallest absolute Gasteiger partial charge is 0.273 e. The number of nitro benzene ring substituents is 1. The van der Waals surface area contributed by atoms with E-state index in [2.05, 4.69) is 5.32 Å². The minimum absolute atomic E-state index is 0.0184. The van der Waals surface area contributed by atoms with E-state index in [1.165, 1.54) is 11.0 Å². The predicted octanol–water partition coefficient (Wildman–Crippen LogP) is 6.00. The third kappa shape index (κ3) is 8.03. The molecule has 1 N–H and O–H groups in total. The monoisotopic (exact) mass is 541 g/mol. The van der Waals surface area contributed by atoms with Gasteiger partial charge in [-0.1, -0.05) is 77.8 Å². The number of carbonyl (C=O) groups excluding carboxylic acids is 2. The molecule has 37 heavy (non-hydrogen) atoms. The fourth-order valence-corrected chi connectivity index (χ4v) is 4.41. The predicted molar refractivity (Wildman–Crippen MR) is 146 cm³/mol. The number of nitrogens with one attached hydrogen (secondary N) is 1. The summed E-state index contributed by atoms with van der Waals surface area (Å²) < 4.78 is 0. The van der Waals surface area contributed by atoms with Crippen molar-refractivity contribution in [2.75, 3.05) is 0 Å². The van der Waals surface area contributed by atoms with Gasteiger partial charge in [-0.3, -0.25) is 19.7 Å². The third-order valence-electron chi connectivity index (χ3n) is 5.66. The number of para-hydroxylation sites is 1. The van der Waals surface area contributed by atoms with Crippen LogP contribution in [0.25, 0.3) is 0 Å². The Morgan fingerprint density at radius 2 is 1.62 bits per heavy atom. The van der Waals surface area contributed by atoms with Gasteiger partial charge in [0.1, 0.15) is 6.04 Å². The van der Waals surface area contributed by atoms with Gasteiger partial charge >= 0.3 is 0 Å². The number of nitrogens with zero attached hydrogens (tertiary/aromatic N) is 2. The van der Waals surface area contributed by atoms with Crippen molar-refractivity contribution in [1.82, 2.24) is 10.2 Å². The maximum Gasteiger partial charge on any atom is 0.273 e. The summed E-state index contributed by atoms with van der Waals surface area (Å²) in [6.07, 6.45) is -0.00691. The maximum absolute atomic E-state index is 13.8. The zero-order valence-corrected chi connectivity index (χ0v) is 22.4. The van der Waals surface area contributed by atoms with E-state index in [0.29, 0.717) is 15.6 Å². The minimum atomic E-state index is -0.899. The highest BCUT2D eigenvalue weighted by Crippen LogP contribution is 2.26. The molecule has 3 rings (SSSR count). The van der Waals surface area contributed by atoms with Crippen LogP contribution in [0.1, 0.15) is 37.5 Å². The Labute approximate surface area is 226 Å². The number of amides is 2. The van der Waals surface area contributed by atoms with Crippen molar-refractivity contribution < 1.29 is 14.5 Å². The molecule has 0 spiro atoms. The molecule has 0 heterocycles. The first-order valence-electron chi connectivity index (χ1n) is 11.8. The number of halogens is 2. The van der Waals surface area contributed by atoms with Crippen LogP contribution in [0.15, 0.2) is 72.8 Å². The topological polar surface area (TPSA) is 92.6 Å². The van der Waals surface area contributed by atoms with Gasteiger partial charge in [-0.15, -0.1) is 0 Å². The van der Waals surface area contributed by atoms with Gasteiger partial charge in [0.2, 0.25) is 11.8 Å². The zero-order chi connectivity index (χ0) is 27.2. The van der Waals surface area contributed by atoms with Crippen molar-refractivity contribution in [2.24, 2.45) is 0 Å². The highest BCUT2D eigenvalue weighted by Gasteiger charge is 2.33. The molecule has 2 amide bonds. The lowest BCUT2D eigenvalue weighted by Crippen LogP contribution is -2.54. The van der Waals surface area contributed by atoms with Gasteiger partial charge in [-0.25, -0.2) is 0 Å². The molecule has 0 aromatic heterocycles. The van der Waals surface area contributed by atoms with Crippen LogP contribution in [0, 0.1) is 10.1 Å². The highest BCUT2D eigenvalue weighted by atomic mass is 35.5. The summed E-state index contributed by atoms with van der Waals surface area (Å²) in [7, 11) is 0. The van der Waals surface area contributed by atoms with Crippen molar-refractivity contribution >= 4 is 40.7 Å². The molecule has 0 fully saturated rings. The minimum Gasteiger partial charge on any atom is -0.350 e. The molecule has 1 atom stereocenters. The largest absolute Gasteiger partial charge is 0.350 e. The van der Waals surface area contributed by atoms with E-state index in [1.54, 1.807) is 36.4 Å². The van der Waals surface area contributed by atoms with Crippen LogP contribution in [-0.2, 0) is 29.0 Å². The van der Waals surface area contributed by atoms with E-state index in [1.807, 2.05) is 51.1 Å². The second kappa shape index (κ2) is 12.2. The molecule has 3 aromatic rings. The molecule has 194 valence electrons. The summed E-state index contributed by atoms with van der Waals surface area (Å²) in [4.78, 5) is 39.9. The molecule has 0 saturated heterocycles. The number of benzene rings is 3. The molecule has 0 radical (unpaired) electrons. The van der Waals surface area contributed by atoms with E-state index in [4.69, 9.17) is 23.2 Å². The molecule has 9 heteroatoms. The fraction of sp³-hybridized carbons (Fsp3) is 0.286.